The van der Waals surface area contributed by atoms with Crippen molar-refractivity contribution < 1.29 is 19.0 Å². The number of amides is 1. The van der Waals surface area contributed by atoms with E-state index in [1.165, 1.54) is 21.3 Å². The molecule has 1 heterocycles. The summed E-state index contributed by atoms with van der Waals surface area (Å²) in [5, 5.41) is 0.362. The van der Waals surface area contributed by atoms with Gasteiger partial charge in [0.25, 0.3) is 11.5 Å². The standard InChI is InChI=1S/C24H20BrN3O5/c1-31-19-12-14(13-20(32-2)21(19)33-3)22-26-18-11-7-5-9-16(18)24(30)28(22)27-23(29)15-8-4-6-10-17(15)25/h4-13H,1-3H3,(H,27,29). The number of carbonyl (C=O) groups is 1. The minimum absolute atomic E-state index is 0.207. The molecule has 4 aromatic rings. The van der Waals surface area contributed by atoms with Crippen molar-refractivity contribution in [2.24, 2.45) is 0 Å². The van der Waals surface area contributed by atoms with Crippen LogP contribution in [0.2, 0.25) is 0 Å². The third-order valence-electron chi connectivity index (χ3n) is 5.03. The lowest BCUT2D eigenvalue weighted by Crippen LogP contribution is -2.35. The largest absolute Gasteiger partial charge is 0.493 e. The van der Waals surface area contributed by atoms with Crippen molar-refractivity contribution in [2.75, 3.05) is 26.8 Å². The van der Waals surface area contributed by atoms with Crippen LogP contribution in [0.4, 0.5) is 0 Å². The first-order chi connectivity index (χ1) is 16.0. The third-order valence-corrected chi connectivity index (χ3v) is 5.72. The van der Waals surface area contributed by atoms with Crippen molar-refractivity contribution in [3.05, 3.63) is 81.1 Å². The van der Waals surface area contributed by atoms with Gasteiger partial charge < -0.3 is 14.2 Å². The molecule has 0 aliphatic carbocycles. The van der Waals surface area contributed by atoms with Gasteiger partial charge in [0.1, 0.15) is 0 Å². The number of nitrogens with zero attached hydrogens (tertiary/aromatic N) is 2. The molecule has 0 atom stereocenters. The Morgan fingerprint density at radius 3 is 2.21 bits per heavy atom. The van der Waals surface area contributed by atoms with Gasteiger partial charge in [-0.3, -0.25) is 15.0 Å². The number of ether oxygens (including phenoxy) is 3. The number of para-hydroxylation sites is 1. The lowest BCUT2D eigenvalue weighted by Gasteiger charge is -2.18. The molecule has 0 bridgehead atoms. The first kappa shape index (κ1) is 22.3. The second-order valence-corrected chi connectivity index (χ2v) is 7.78. The normalized spacial score (nSPS) is 10.7. The highest BCUT2D eigenvalue weighted by atomic mass is 79.9. The predicted molar refractivity (Wildman–Crippen MR) is 129 cm³/mol. The van der Waals surface area contributed by atoms with E-state index in [9.17, 15) is 9.59 Å². The van der Waals surface area contributed by atoms with Crippen LogP contribution in [0.25, 0.3) is 22.3 Å². The fourth-order valence-electron chi connectivity index (χ4n) is 3.45. The maximum absolute atomic E-state index is 13.4. The van der Waals surface area contributed by atoms with Crippen LogP contribution >= 0.6 is 15.9 Å². The zero-order valence-electron chi connectivity index (χ0n) is 18.1. The zero-order chi connectivity index (χ0) is 23.5. The molecule has 0 aliphatic rings. The Bertz CT molecular complexity index is 1390. The maximum Gasteiger partial charge on any atom is 0.280 e. The minimum atomic E-state index is -0.477. The van der Waals surface area contributed by atoms with Gasteiger partial charge in [0.2, 0.25) is 5.75 Å². The highest BCUT2D eigenvalue weighted by molar-refractivity contribution is 9.10. The number of carbonyl (C=O) groups excluding carboxylic acids is 1. The van der Waals surface area contributed by atoms with Gasteiger partial charge in [0, 0.05) is 10.0 Å². The molecule has 0 radical (unpaired) electrons. The van der Waals surface area contributed by atoms with Crippen molar-refractivity contribution in [1.82, 2.24) is 9.66 Å². The molecule has 0 aliphatic heterocycles. The quantitative estimate of drug-likeness (QED) is 0.418. The van der Waals surface area contributed by atoms with Crippen LogP contribution in [0, 0.1) is 0 Å². The molecule has 1 aromatic heterocycles. The Kier molecular flexibility index (Phi) is 6.32. The third kappa shape index (κ3) is 4.14. The topological polar surface area (TPSA) is 91.7 Å². The molecule has 0 saturated carbocycles. The Labute approximate surface area is 197 Å². The van der Waals surface area contributed by atoms with E-state index in [1.807, 2.05) is 0 Å². The molecule has 0 fully saturated rings. The van der Waals surface area contributed by atoms with Crippen LogP contribution < -0.4 is 25.2 Å². The van der Waals surface area contributed by atoms with Crippen LogP contribution in [0.15, 0.2) is 69.9 Å². The number of nitrogens with one attached hydrogen (secondary N) is 1. The molecule has 1 N–H and O–H groups in total. The second-order valence-electron chi connectivity index (χ2n) is 6.93. The van der Waals surface area contributed by atoms with Crippen molar-refractivity contribution >= 4 is 32.7 Å². The van der Waals surface area contributed by atoms with Gasteiger partial charge in [-0.1, -0.05) is 24.3 Å². The highest BCUT2D eigenvalue weighted by Crippen LogP contribution is 2.40. The molecular formula is C24H20BrN3O5. The van der Waals surface area contributed by atoms with Crippen LogP contribution in [-0.4, -0.2) is 36.9 Å². The summed E-state index contributed by atoms with van der Waals surface area (Å²) < 4.78 is 18.0. The average molecular weight is 510 g/mol. The molecule has 4 rings (SSSR count). The summed E-state index contributed by atoms with van der Waals surface area (Å²) in [4.78, 5) is 31.1. The average Bonchev–Trinajstić information content (AvgIpc) is 2.84. The highest BCUT2D eigenvalue weighted by Gasteiger charge is 2.21. The lowest BCUT2D eigenvalue weighted by atomic mass is 10.1. The summed E-state index contributed by atoms with van der Waals surface area (Å²) in [6.07, 6.45) is 0. The Balaban J connectivity index is 1.96. The van der Waals surface area contributed by atoms with E-state index >= 15 is 0 Å². The van der Waals surface area contributed by atoms with Crippen LogP contribution in [0.1, 0.15) is 10.4 Å². The van der Waals surface area contributed by atoms with E-state index in [4.69, 9.17) is 14.2 Å². The van der Waals surface area contributed by atoms with Gasteiger partial charge in [-0.25, -0.2) is 4.98 Å². The summed E-state index contributed by atoms with van der Waals surface area (Å²) in [6.45, 7) is 0. The molecule has 33 heavy (non-hydrogen) atoms. The van der Waals surface area contributed by atoms with Gasteiger partial charge in [0.05, 0.1) is 37.8 Å². The monoisotopic (exact) mass is 509 g/mol. The van der Waals surface area contributed by atoms with Crippen molar-refractivity contribution in [1.29, 1.82) is 0 Å². The molecular weight excluding hydrogens is 490 g/mol. The number of methoxy groups -OCH3 is 3. The fourth-order valence-corrected chi connectivity index (χ4v) is 3.91. The predicted octanol–water partition coefficient (Wildman–Crippen LogP) is 4.24. The number of fused-ring (bicyclic) bond motifs is 1. The first-order valence-electron chi connectivity index (χ1n) is 9.86. The zero-order valence-corrected chi connectivity index (χ0v) is 19.7. The molecule has 1 amide bonds. The Morgan fingerprint density at radius 2 is 1.58 bits per heavy atom. The van der Waals surface area contributed by atoms with Gasteiger partial charge in [-0.2, -0.15) is 4.68 Å². The van der Waals surface area contributed by atoms with Gasteiger partial charge in [-0.05, 0) is 52.3 Å². The van der Waals surface area contributed by atoms with Crippen molar-refractivity contribution in [2.45, 2.75) is 0 Å². The first-order valence-corrected chi connectivity index (χ1v) is 10.7. The number of rotatable bonds is 6. The van der Waals surface area contributed by atoms with E-state index in [1.54, 1.807) is 60.7 Å². The van der Waals surface area contributed by atoms with Gasteiger partial charge in [0.15, 0.2) is 17.3 Å². The molecule has 168 valence electrons. The van der Waals surface area contributed by atoms with E-state index in [-0.39, 0.29) is 5.82 Å². The number of aromatic nitrogens is 2. The maximum atomic E-state index is 13.4. The van der Waals surface area contributed by atoms with Crippen molar-refractivity contribution in [3.63, 3.8) is 0 Å². The molecule has 3 aromatic carbocycles. The minimum Gasteiger partial charge on any atom is -0.493 e. The van der Waals surface area contributed by atoms with E-state index in [0.29, 0.717) is 43.8 Å². The Morgan fingerprint density at radius 1 is 0.939 bits per heavy atom. The number of benzene rings is 3. The summed E-state index contributed by atoms with van der Waals surface area (Å²) in [7, 11) is 4.50. The molecule has 9 heteroatoms. The number of halogens is 1. The van der Waals surface area contributed by atoms with E-state index in [0.717, 1.165) is 4.68 Å². The van der Waals surface area contributed by atoms with Crippen LogP contribution in [0.3, 0.4) is 0 Å². The summed E-state index contributed by atoms with van der Waals surface area (Å²) >= 11 is 3.37. The van der Waals surface area contributed by atoms with Crippen molar-refractivity contribution in [3.8, 4) is 28.6 Å². The lowest BCUT2D eigenvalue weighted by molar-refractivity contribution is 0.101. The summed E-state index contributed by atoms with van der Waals surface area (Å²) in [5.41, 5.74) is 3.60. The number of hydrogen-bond donors (Lipinski definition) is 1. The van der Waals surface area contributed by atoms with Gasteiger partial charge in [-0.15, -0.1) is 0 Å². The fraction of sp³-hybridized carbons (Fsp3) is 0.125. The SMILES string of the molecule is COc1cc(-c2nc3ccccc3c(=O)n2NC(=O)c2ccccc2Br)cc(OC)c1OC. The van der Waals surface area contributed by atoms with E-state index < -0.39 is 11.5 Å². The van der Waals surface area contributed by atoms with Gasteiger partial charge >= 0.3 is 0 Å². The number of hydrogen-bond acceptors (Lipinski definition) is 6. The molecule has 0 unspecified atom stereocenters. The van der Waals surface area contributed by atoms with Crippen LogP contribution in [0.5, 0.6) is 17.2 Å². The molecule has 8 nitrogen and oxygen atoms in total. The summed E-state index contributed by atoms with van der Waals surface area (Å²) in [5.74, 6) is 0.903. The summed E-state index contributed by atoms with van der Waals surface area (Å²) in [6, 6.07) is 17.2. The van der Waals surface area contributed by atoms with E-state index in [2.05, 4.69) is 26.3 Å². The van der Waals surface area contributed by atoms with Crippen LogP contribution in [-0.2, 0) is 0 Å². The molecule has 0 spiro atoms. The Hall–Kier alpha value is -3.85. The molecule has 0 saturated heterocycles. The smallest absolute Gasteiger partial charge is 0.280 e. The second kappa shape index (κ2) is 9.33.